The van der Waals surface area contributed by atoms with Crippen LogP contribution >= 0.6 is 11.8 Å². The summed E-state index contributed by atoms with van der Waals surface area (Å²) in [7, 11) is 1.27. The summed E-state index contributed by atoms with van der Waals surface area (Å²) in [5, 5.41) is 21.1. The molecule has 3 aliphatic rings. The zero-order valence-corrected chi connectivity index (χ0v) is 20.4. The molecule has 2 saturated heterocycles. The molecule has 13 heteroatoms. The van der Waals surface area contributed by atoms with E-state index in [-0.39, 0.29) is 42.7 Å². The van der Waals surface area contributed by atoms with Crippen molar-refractivity contribution in [2.24, 2.45) is 5.41 Å². The van der Waals surface area contributed by atoms with Gasteiger partial charge in [-0.15, -0.1) is 11.8 Å². The number of ether oxygens (including phenoxy) is 1. The number of aliphatic carboxylic acids is 2. The summed E-state index contributed by atoms with van der Waals surface area (Å²) in [4.78, 5) is 76.3. The molecule has 36 heavy (non-hydrogen) atoms. The van der Waals surface area contributed by atoms with Crippen LogP contribution in [0.5, 0.6) is 0 Å². The number of carbonyl (C=O) groups excluding carboxylic acids is 4. The molecule has 3 aliphatic heterocycles. The largest absolute Gasteiger partial charge is 0.481 e. The number of β-lactam (4-membered cyclic amide) rings is 1. The van der Waals surface area contributed by atoms with Gasteiger partial charge in [0, 0.05) is 25.8 Å². The van der Waals surface area contributed by atoms with E-state index in [1.807, 2.05) is 0 Å². The number of methoxy groups -OCH3 is 1. The Bertz CT molecular complexity index is 1140. The van der Waals surface area contributed by atoms with Crippen LogP contribution in [0.2, 0.25) is 0 Å². The van der Waals surface area contributed by atoms with Crippen LogP contribution in [0.1, 0.15) is 46.9 Å². The first-order chi connectivity index (χ1) is 17.0. The second-order valence-electron chi connectivity index (χ2n) is 9.22. The molecule has 0 spiro atoms. The fraction of sp³-hybridized carbons (Fsp3) is 0.478. The van der Waals surface area contributed by atoms with Crippen LogP contribution in [0.25, 0.3) is 0 Å². The Hall–Kier alpha value is -3.45. The van der Waals surface area contributed by atoms with Gasteiger partial charge >= 0.3 is 11.9 Å². The van der Waals surface area contributed by atoms with Gasteiger partial charge in [0.25, 0.3) is 23.4 Å². The van der Waals surface area contributed by atoms with Gasteiger partial charge in [0.1, 0.15) is 11.4 Å². The molecule has 12 nitrogen and oxygen atoms in total. The number of carboxylic acid groups (broad SMARTS) is 2. The standard InChI is InChI=1S/C23H25N3O9S/c1-22(21(33)34)10-25-19(32)23(35-2,20(25)36-11-22)24-15(27)9-5-8-14(18(30)31)26-16(28)12-6-3-4-7-13(12)17(26)29/h3-4,6-7,14,20H,5,8-11H2,1-2H3,(H,24,27)(H,30,31)(H,33,34)/t14?,20-,22?,23?/m1/s1. The lowest BCUT2D eigenvalue weighted by Crippen LogP contribution is -2.82. The first-order valence-electron chi connectivity index (χ1n) is 11.2. The number of carboxylic acids is 2. The summed E-state index contributed by atoms with van der Waals surface area (Å²) in [5.74, 6) is -4.71. The molecule has 1 aromatic rings. The highest BCUT2D eigenvalue weighted by Crippen LogP contribution is 2.47. The SMILES string of the molecule is COC1(NC(=O)CCCC(C(=O)O)N2C(=O)c3ccccc3C2=O)C(=O)N2CC(C)(C(=O)O)CS[C@@H]21. The van der Waals surface area contributed by atoms with Crippen molar-refractivity contribution in [1.29, 1.82) is 0 Å². The lowest BCUT2D eigenvalue weighted by atomic mass is 9.88. The number of hydrogen-bond donors (Lipinski definition) is 3. The lowest BCUT2D eigenvalue weighted by Gasteiger charge is -2.58. The minimum Gasteiger partial charge on any atom is -0.481 e. The van der Waals surface area contributed by atoms with Crippen LogP contribution in [0.4, 0.5) is 0 Å². The molecular formula is C23H25N3O9S. The number of rotatable bonds is 9. The third-order valence-corrected chi connectivity index (χ3v) is 8.46. The third-order valence-electron chi connectivity index (χ3n) is 6.76. The van der Waals surface area contributed by atoms with Crippen LogP contribution in [-0.2, 0) is 23.9 Å². The predicted molar refractivity (Wildman–Crippen MR) is 124 cm³/mol. The molecule has 4 rings (SSSR count). The smallest absolute Gasteiger partial charge is 0.326 e. The van der Waals surface area contributed by atoms with Gasteiger partial charge in [0.05, 0.1) is 16.5 Å². The summed E-state index contributed by atoms with van der Waals surface area (Å²) < 4.78 is 5.38. The van der Waals surface area contributed by atoms with Gasteiger partial charge in [0.2, 0.25) is 5.91 Å². The van der Waals surface area contributed by atoms with E-state index in [1.165, 1.54) is 35.9 Å². The van der Waals surface area contributed by atoms with Crippen LogP contribution in [-0.4, -0.2) is 92.1 Å². The van der Waals surface area contributed by atoms with Crippen molar-refractivity contribution in [2.45, 2.75) is 43.3 Å². The van der Waals surface area contributed by atoms with Gasteiger partial charge in [-0.1, -0.05) is 12.1 Å². The number of imide groups is 1. The average Bonchev–Trinajstić information content (AvgIpc) is 3.09. The monoisotopic (exact) mass is 519 g/mol. The van der Waals surface area contributed by atoms with Crippen molar-refractivity contribution >= 4 is 47.3 Å². The molecule has 0 aliphatic carbocycles. The third kappa shape index (κ3) is 3.91. The van der Waals surface area contributed by atoms with E-state index in [0.29, 0.717) is 4.90 Å². The zero-order valence-electron chi connectivity index (χ0n) is 19.6. The highest BCUT2D eigenvalue weighted by Gasteiger charge is 2.66. The second-order valence-corrected chi connectivity index (χ2v) is 10.3. The molecule has 4 atom stereocenters. The predicted octanol–water partition coefficient (Wildman–Crippen LogP) is 0.371. The Labute approximate surface area is 209 Å². The van der Waals surface area contributed by atoms with E-state index in [2.05, 4.69) is 5.32 Å². The van der Waals surface area contributed by atoms with Crippen molar-refractivity contribution in [3.63, 3.8) is 0 Å². The zero-order chi connectivity index (χ0) is 26.4. The maximum absolute atomic E-state index is 12.8. The summed E-state index contributed by atoms with van der Waals surface area (Å²) in [6.07, 6.45) is -0.332. The van der Waals surface area contributed by atoms with E-state index >= 15 is 0 Å². The van der Waals surface area contributed by atoms with Gasteiger partial charge in [0.15, 0.2) is 0 Å². The van der Waals surface area contributed by atoms with E-state index in [9.17, 15) is 39.0 Å². The maximum Gasteiger partial charge on any atom is 0.326 e. The number of nitrogens with zero attached hydrogens (tertiary/aromatic N) is 2. The molecule has 192 valence electrons. The van der Waals surface area contributed by atoms with Crippen molar-refractivity contribution < 1.29 is 43.7 Å². The summed E-state index contributed by atoms with van der Waals surface area (Å²) in [6, 6.07) is 4.61. The number of nitrogens with one attached hydrogen (secondary N) is 1. The number of carbonyl (C=O) groups is 6. The quantitative estimate of drug-likeness (QED) is 0.235. The van der Waals surface area contributed by atoms with E-state index in [4.69, 9.17) is 4.74 Å². The van der Waals surface area contributed by atoms with Gasteiger partial charge in [-0.3, -0.25) is 28.9 Å². The molecule has 2 fully saturated rings. The van der Waals surface area contributed by atoms with Crippen LogP contribution in [0.3, 0.4) is 0 Å². The van der Waals surface area contributed by atoms with Crippen LogP contribution in [0.15, 0.2) is 24.3 Å². The average molecular weight is 520 g/mol. The molecule has 0 radical (unpaired) electrons. The molecule has 0 aromatic heterocycles. The van der Waals surface area contributed by atoms with Gasteiger partial charge < -0.3 is 25.2 Å². The van der Waals surface area contributed by atoms with Gasteiger partial charge in [-0.2, -0.15) is 0 Å². The van der Waals surface area contributed by atoms with Crippen molar-refractivity contribution in [3.8, 4) is 0 Å². The molecular weight excluding hydrogens is 494 g/mol. The van der Waals surface area contributed by atoms with E-state index in [0.717, 1.165) is 0 Å². The topological polar surface area (TPSA) is 171 Å². The number of fused-ring (bicyclic) bond motifs is 2. The first kappa shape index (κ1) is 25.6. The Morgan fingerprint density at radius 3 is 2.31 bits per heavy atom. The second kappa shape index (κ2) is 9.21. The molecule has 3 N–H and O–H groups in total. The van der Waals surface area contributed by atoms with Crippen molar-refractivity contribution in [2.75, 3.05) is 19.4 Å². The summed E-state index contributed by atoms with van der Waals surface area (Å²) in [5.41, 5.74) is -2.50. The van der Waals surface area contributed by atoms with Crippen molar-refractivity contribution in [3.05, 3.63) is 35.4 Å². The van der Waals surface area contributed by atoms with E-state index < -0.39 is 58.1 Å². The normalized spacial score (nSPS) is 27.7. The minimum atomic E-state index is -1.64. The number of amides is 4. The molecule has 0 bridgehead atoms. The van der Waals surface area contributed by atoms with Crippen molar-refractivity contribution in [1.82, 2.24) is 15.1 Å². The molecule has 0 saturated carbocycles. The number of hydrogen-bond acceptors (Lipinski definition) is 8. The lowest BCUT2D eigenvalue weighted by molar-refractivity contribution is -0.200. The van der Waals surface area contributed by atoms with Crippen LogP contribution < -0.4 is 5.32 Å². The minimum absolute atomic E-state index is 0.0135. The number of benzene rings is 1. The highest BCUT2D eigenvalue weighted by molar-refractivity contribution is 8.00. The Kier molecular flexibility index (Phi) is 6.56. The first-order valence-corrected chi connectivity index (χ1v) is 12.2. The maximum atomic E-state index is 12.8. The van der Waals surface area contributed by atoms with E-state index in [1.54, 1.807) is 19.1 Å². The van der Waals surface area contributed by atoms with Gasteiger partial charge in [-0.05, 0) is 31.9 Å². The fourth-order valence-electron chi connectivity index (χ4n) is 4.69. The summed E-state index contributed by atoms with van der Waals surface area (Å²) >= 11 is 1.19. The Morgan fingerprint density at radius 2 is 1.78 bits per heavy atom. The molecule has 3 unspecified atom stereocenters. The summed E-state index contributed by atoms with van der Waals surface area (Å²) in [6.45, 7) is 1.53. The highest BCUT2D eigenvalue weighted by atomic mass is 32.2. The Morgan fingerprint density at radius 1 is 1.17 bits per heavy atom. The van der Waals surface area contributed by atoms with Crippen LogP contribution in [0, 0.1) is 5.41 Å². The Balaban J connectivity index is 1.37. The number of thioether (sulfide) groups is 1. The molecule has 4 amide bonds. The molecule has 1 aromatic carbocycles. The van der Waals surface area contributed by atoms with Gasteiger partial charge in [-0.25, -0.2) is 4.79 Å². The fourth-order valence-corrected chi connectivity index (χ4v) is 6.27. The molecule has 3 heterocycles.